The highest BCUT2D eigenvalue weighted by atomic mass is 32.1. The molecule has 0 unspecified atom stereocenters. The van der Waals surface area contributed by atoms with Crippen LogP contribution in [0.5, 0.6) is 0 Å². The van der Waals surface area contributed by atoms with Crippen molar-refractivity contribution >= 4 is 23.2 Å². The van der Waals surface area contributed by atoms with Crippen LogP contribution in [0.4, 0.5) is 13.2 Å². The Morgan fingerprint density at radius 1 is 1.13 bits per heavy atom. The van der Waals surface area contributed by atoms with Crippen molar-refractivity contribution in [1.82, 2.24) is 15.1 Å². The summed E-state index contributed by atoms with van der Waals surface area (Å²) in [5, 5.41) is 6.37. The van der Waals surface area contributed by atoms with Crippen LogP contribution in [0.2, 0.25) is 0 Å². The molecule has 0 spiro atoms. The fourth-order valence-corrected chi connectivity index (χ4v) is 3.85. The van der Waals surface area contributed by atoms with Gasteiger partial charge >= 0.3 is 6.18 Å². The Morgan fingerprint density at radius 2 is 1.97 bits per heavy atom. The van der Waals surface area contributed by atoms with Gasteiger partial charge in [0.1, 0.15) is 0 Å². The van der Waals surface area contributed by atoms with Gasteiger partial charge in [0, 0.05) is 37.1 Å². The van der Waals surface area contributed by atoms with E-state index in [-0.39, 0.29) is 30.5 Å². The molecule has 2 heterocycles. The molecule has 1 aromatic carbocycles. The normalized spacial score (nSPS) is 15.0. The molecule has 31 heavy (non-hydrogen) atoms. The largest absolute Gasteiger partial charge is 0.416 e. The fourth-order valence-electron chi connectivity index (χ4n) is 3.22. The third-order valence-electron chi connectivity index (χ3n) is 4.81. The number of hydrogen-bond donors (Lipinski definition) is 1. The zero-order chi connectivity index (χ0) is 22.3. The molecule has 1 fully saturated rings. The fraction of sp³-hybridized carbons (Fsp3) is 0.364. The minimum absolute atomic E-state index is 0.0115. The number of benzene rings is 1. The Bertz CT molecular complexity index is 964. The van der Waals surface area contributed by atoms with Gasteiger partial charge in [-0.2, -0.15) is 24.5 Å². The van der Waals surface area contributed by atoms with Crippen LogP contribution in [0.3, 0.4) is 0 Å². The number of thiophene rings is 1. The van der Waals surface area contributed by atoms with Gasteiger partial charge < -0.3 is 10.2 Å². The maximum atomic E-state index is 12.7. The van der Waals surface area contributed by atoms with E-state index in [0.717, 1.165) is 18.6 Å². The second kappa shape index (κ2) is 10.5. The molecule has 164 valence electrons. The van der Waals surface area contributed by atoms with E-state index in [0.29, 0.717) is 31.7 Å². The highest BCUT2D eigenvalue weighted by molar-refractivity contribution is 7.08. The Kier molecular flexibility index (Phi) is 7.71. The van der Waals surface area contributed by atoms with Crippen LogP contribution in [0.25, 0.3) is 0 Å². The summed E-state index contributed by atoms with van der Waals surface area (Å²) in [6.07, 6.45) is -3.64. The molecule has 2 aromatic rings. The molecular weight excluding hydrogens is 427 g/mol. The van der Waals surface area contributed by atoms with E-state index in [2.05, 4.69) is 17.2 Å². The van der Waals surface area contributed by atoms with Gasteiger partial charge in [-0.3, -0.25) is 14.5 Å². The monoisotopic (exact) mass is 449 g/mol. The highest BCUT2D eigenvalue weighted by Gasteiger charge is 2.30. The lowest BCUT2D eigenvalue weighted by molar-refractivity contribution is -0.137. The number of nitrogens with zero attached hydrogens (tertiary/aromatic N) is 2. The summed E-state index contributed by atoms with van der Waals surface area (Å²) in [6.45, 7) is 2.74. The van der Waals surface area contributed by atoms with Gasteiger partial charge in [0.2, 0.25) is 5.91 Å². The van der Waals surface area contributed by atoms with Crippen molar-refractivity contribution in [3.63, 3.8) is 0 Å². The number of halogens is 3. The SMILES string of the molecule is O=C(CN1CCCN(C(=O)c2ccsc2)CC1)NCC#Cc1cccc(C(F)(F)F)c1. The number of carbonyl (C=O) groups excluding carboxylic acids is 2. The van der Waals surface area contributed by atoms with Crippen LogP contribution in [-0.2, 0) is 11.0 Å². The quantitative estimate of drug-likeness (QED) is 0.730. The molecule has 0 radical (unpaired) electrons. The van der Waals surface area contributed by atoms with Crippen molar-refractivity contribution in [2.75, 3.05) is 39.3 Å². The summed E-state index contributed by atoms with van der Waals surface area (Å²) in [5.74, 6) is 5.11. The minimum Gasteiger partial charge on any atom is -0.344 e. The molecular formula is C22H22F3N3O2S. The van der Waals surface area contributed by atoms with Crippen LogP contribution >= 0.6 is 11.3 Å². The van der Waals surface area contributed by atoms with Crippen molar-refractivity contribution in [2.45, 2.75) is 12.6 Å². The average molecular weight is 449 g/mol. The molecule has 5 nitrogen and oxygen atoms in total. The second-order valence-electron chi connectivity index (χ2n) is 7.09. The van der Waals surface area contributed by atoms with Crippen molar-refractivity contribution in [3.05, 3.63) is 57.8 Å². The molecule has 0 aliphatic carbocycles. The summed E-state index contributed by atoms with van der Waals surface area (Å²) in [5.41, 5.74) is 0.179. The lowest BCUT2D eigenvalue weighted by atomic mass is 10.1. The first-order valence-corrected chi connectivity index (χ1v) is 10.7. The lowest BCUT2D eigenvalue weighted by Crippen LogP contribution is -2.40. The molecule has 1 aliphatic rings. The van der Waals surface area contributed by atoms with Crippen LogP contribution in [0.15, 0.2) is 41.1 Å². The third-order valence-corrected chi connectivity index (χ3v) is 5.49. The topological polar surface area (TPSA) is 52.7 Å². The number of rotatable bonds is 4. The standard InChI is InChI=1S/C22H22F3N3O2S/c23-22(24,25)19-6-1-4-17(14-19)5-2-8-26-20(29)15-27-9-3-10-28(12-11-27)21(30)18-7-13-31-16-18/h1,4,6-7,13-14,16H,3,8-12,15H2,(H,26,29). The average Bonchev–Trinajstić information content (AvgIpc) is 3.18. The summed E-state index contributed by atoms with van der Waals surface area (Å²) in [7, 11) is 0. The predicted molar refractivity (Wildman–Crippen MR) is 113 cm³/mol. The Hall–Kier alpha value is -2.83. The van der Waals surface area contributed by atoms with Crippen LogP contribution < -0.4 is 5.32 Å². The molecule has 2 amide bonds. The molecule has 1 aliphatic heterocycles. The number of alkyl halides is 3. The summed E-state index contributed by atoms with van der Waals surface area (Å²) >= 11 is 1.48. The Labute approximate surface area is 182 Å². The predicted octanol–water partition coefficient (Wildman–Crippen LogP) is 3.08. The second-order valence-corrected chi connectivity index (χ2v) is 7.87. The van der Waals surface area contributed by atoms with E-state index in [9.17, 15) is 22.8 Å². The third kappa shape index (κ3) is 6.84. The summed E-state index contributed by atoms with van der Waals surface area (Å²) < 4.78 is 38.2. The molecule has 1 saturated heterocycles. The first kappa shape index (κ1) is 22.8. The number of hydrogen-bond acceptors (Lipinski definition) is 4. The van der Waals surface area contributed by atoms with E-state index in [1.807, 2.05) is 21.7 Å². The summed E-state index contributed by atoms with van der Waals surface area (Å²) in [4.78, 5) is 28.4. The minimum atomic E-state index is -4.41. The Morgan fingerprint density at radius 3 is 2.71 bits per heavy atom. The smallest absolute Gasteiger partial charge is 0.344 e. The number of carbonyl (C=O) groups is 2. The molecule has 0 atom stereocenters. The highest BCUT2D eigenvalue weighted by Crippen LogP contribution is 2.29. The van der Waals surface area contributed by atoms with Crippen molar-refractivity contribution in [2.24, 2.45) is 0 Å². The maximum absolute atomic E-state index is 12.7. The Balaban J connectivity index is 1.43. The molecule has 1 aromatic heterocycles. The number of nitrogens with one attached hydrogen (secondary N) is 1. The van der Waals surface area contributed by atoms with Gasteiger partial charge in [0.25, 0.3) is 5.91 Å². The zero-order valence-electron chi connectivity index (χ0n) is 16.7. The van der Waals surface area contributed by atoms with E-state index >= 15 is 0 Å². The van der Waals surface area contributed by atoms with Gasteiger partial charge in [-0.1, -0.05) is 17.9 Å². The first-order chi connectivity index (χ1) is 14.8. The van der Waals surface area contributed by atoms with Crippen LogP contribution in [0.1, 0.15) is 27.9 Å². The van der Waals surface area contributed by atoms with Gasteiger partial charge in [0.05, 0.1) is 24.2 Å². The van der Waals surface area contributed by atoms with E-state index in [1.165, 1.54) is 23.5 Å². The van der Waals surface area contributed by atoms with E-state index in [4.69, 9.17) is 0 Å². The van der Waals surface area contributed by atoms with E-state index < -0.39 is 11.7 Å². The maximum Gasteiger partial charge on any atom is 0.416 e. The van der Waals surface area contributed by atoms with Crippen LogP contribution in [0, 0.1) is 11.8 Å². The first-order valence-electron chi connectivity index (χ1n) is 9.79. The van der Waals surface area contributed by atoms with Crippen LogP contribution in [-0.4, -0.2) is 60.9 Å². The van der Waals surface area contributed by atoms with Crippen molar-refractivity contribution in [3.8, 4) is 11.8 Å². The zero-order valence-corrected chi connectivity index (χ0v) is 17.6. The van der Waals surface area contributed by atoms with E-state index in [1.54, 1.807) is 4.90 Å². The molecule has 0 bridgehead atoms. The summed E-state index contributed by atoms with van der Waals surface area (Å²) in [6, 6.07) is 6.57. The number of amides is 2. The van der Waals surface area contributed by atoms with Gasteiger partial charge in [0.15, 0.2) is 0 Å². The van der Waals surface area contributed by atoms with Crippen molar-refractivity contribution < 1.29 is 22.8 Å². The van der Waals surface area contributed by atoms with Gasteiger partial charge in [-0.05, 0) is 36.1 Å². The van der Waals surface area contributed by atoms with Crippen molar-refractivity contribution in [1.29, 1.82) is 0 Å². The molecule has 9 heteroatoms. The van der Waals surface area contributed by atoms with Gasteiger partial charge in [-0.25, -0.2) is 0 Å². The lowest BCUT2D eigenvalue weighted by Gasteiger charge is -2.21. The van der Waals surface area contributed by atoms with Gasteiger partial charge in [-0.15, -0.1) is 0 Å². The molecule has 1 N–H and O–H groups in total. The molecule has 3 rings (SSSR count). The molecule has 0 saturated carbocycles.